The number of carbonyl (C=O) groups is 5. The summed E-state index contributed by atoms with van der Waals surface area (Å²) in [6, 6.07) is 29.3. The van der Waals surface area contributed by atoms with E-state index in [4.69, 9.17) is 0 Å². The van der Waals surface area contributed by atoms with E-state index >= 15 is 0 Å². The molecule has 0 aliphatic rings. The first-order valence-electron chi connectivity index (χ1n) is 22.7. The molecule has 436 valence electrons. The van der Waals surface area contributed by atoms with Gasteiger partial charge in [-0.15, -0.1) is 0 Å². The zero-order valence-electron chi connectivity index (χ0n) is 47.2. The third kappa shape index (κ3) is 22.5. The predicted molar refractivity (Wildman–Crippen MR) is 286 cm³/mol. The van der Waals surface area contributed by atoms with E-state index in [0.717, 1.165) is 30.3 Å². The fourth-order valence-corrected chi connectivity index (χ4v) is 11.4. The molecule has 0 heterocycles. The van der Waals surface area contributed by atoms with Gasteiger partial charge in [0.15, 0.2) is 0 Å². The van der Waals surface area contributed by atoms with Gasteiger partial charge >= 0.3 is 183 Å². The van der Waals surface area contributed by atoms with Gasteiger partial charge in [0.25, 0.3) is 23.6 Å². The van der Waals surface area contributed by atoms with Gasteiger partial charge in [-0.05, 0) is 146 Å². The smallest absolute Gasteiger partial charge is 0.744 e. The molecule has 0 radical (unpaired) electrons. The van der Waals surface area contributed by atoms with Crippen molar-refractivity contribution in [3.05, 3.63) is 168 Å². The van der Waals surface area contributed by atoms with E-state index in [1.807, 2.05) is 0 Å². The van der Waals surface area contributed by atoms with Crippen LogP contribution >= 0.6 is 36.1 Å². The average molecular weight is 1400 g/mol. The Morgan fingerprint density at radius 1 is 0.356 bits per heavy atom. The van der Waals surface area contributed by atoms with Crippen molar-refractivity contribution >= 4 is 152 Å². The molecule has 0 atom stereocenters. The van der Waals surface area contributed by atoms with Crippen LogP contribution in [0.2, 0.25) is 0 Å². The van der Waals surface area contributed by atoms with Crippen LogP contribution in [0.5, 0.6) is 0 Å². The minimum atomic E-state index is -5.30. The molecule has 29 nitrogen and oxygen atoms in total. The van der Waals surface area contributed by atoms with Crippen LogP contribution in [0, 0.1) is 0 Å². The Hall–Kier alpha value is -2.15. The summed E-state index contributed by atoms with van der Waals surface area (Å²) in [6.07, 6.45) is 0. The van der Waals surface area contributed by atoms with Gasteiger partial charge in [0, 0.05) is 81.2 Å². The van der Waals surface area contributed by atoms with Crippen molar-refractivity contribution in [3.63, 3.8) is 0 Å². The second-order valence-electron chi connectivity index (χ2n) is 16.6. The monoisotopic (exact) mass is 1400 g/mol. The normalized spacial score (nSPS) is 10.9. The van der Waals surface area contributed by atoms with Crippen molar-refractivity contribution in [2.45, 2.75) is 29.4 Å². The minimum Gasteiger partial charge on any atom is -0.744 e. The maximum Gasteiger partial charge on any atom is 1.00 e. The quantitative estimate of drug-likeness (QED) is 0.0121. The van der Waals surface area contributed by atoms with Crippen LogP contribution in [0.3, 0.4) is 0 Å². The zero-order valence-corrected chi connectivity index (χ0v) is 64.1. The van der Waals surface area contributed by atoms with E-state index < -0.39 is 85.0 Å². The molecule has 0 aliphatic carbocycles. The fraction of sp³-hybridized carbons (Fsp3) is 0. The third-order valence-corrected chi connectivity index (χ3v) is 15.8. The number of hydrogen-bond acceptors (Lipinski definition) is 26. The van der Waals surface area contributed by atoms with Gasteiger partial charge in [-0.25, -0.2) is 30.0 Å². The number of fused-ring (bicyclic) bond motifs is 2. The van der Waals surface area contributed by atoms with Crippen LogP contribution in [0.1, 0.15) is 41.4 Å². The first kappa shape index (κ1) is 83.9. The first-order valence-corrected chi connectivity index (χ1v) is 29.1. The third-order valence-electron chi connectivity index (χ3n) is 11.4. The van der Waals surface area contributed by atoms with Crippen LogP contribution in [0.15, 0.2) is 175 Å². The Bertz CT molecular complexity index is 4260. The number of carbonyl (C=O) groups excluding carboxylic acids is 5. The van der Waals surface area contributed by atoms with Crippen molar-refractivity contribution in [2.24, 2.45) is 0 Å². The van der Waals surface area contributed by atoms with Gasteiger partial charge < -0.3 is 61.3 Å². The van der Waals surface area contributed by atoms with E-state index in [-0.39, 0.29) is 284 Å². The summed E-state index contributed by atoms with van der Waals surface area (Å²) in [5.41, 5.74) is 1.19. The molecule has 0 saturated heterocycles. The number of amides is 6. The number of benzene rings is 8. The SMILES string of the molecule is O=C(Nc1ccc(C(=O)Nc2ccc(C(=O)Nc3ccc(S(=O)(=O)[O-])c4cc(SOO[O-])cc(SOO[O-])c34)cc2)cc1)Nc1ccc(C(=O)Nc2ccc(C(=O)Nc3ccc(S(=O)(=O)[O-])c4cc(S(=O)(=O)[O-])cc(SOO[O-])c34)cc2)cc1.[Na+].[Na+].[Na+].[Na+].[Na+].[Na+]. The van der Waals surface area contributed by atoms with Gasteiger partial charge in [-0.3, -0.25) is 34.3 Å². The largest absolute Gasteiger partial charge is 1.00 e. The maximum atomic E-state index is 13.4. The van der Waals surface area contributed by atoms with Gasteiger partial charge in [-0.1, -0.05) is 0 Å². The summed E-state index contributed by atoms with van der Waals surface area (Å²) in [4.78, 5) is 62.8. The number of nitrogens with one attached hydrogen (secondary N) is 6. The molecule has 41 heteroatoms. The van der Waals surface area contributed by atoms with Crippen LogP contribution in [0.4, 0.5) is 38.9 Å². The molecule has 0 aliphatic heterocycles. The Morgan fingerprint density at radius 3 is 1.00 bits per heavy atom. The van der Waals surface area contributed by atoms with Crippen molar-refractivity contribution in [3.8, 4) is 0 Å². The van der Waals surface area contributed by atoms with Gasteiger partial charge in [0.1, 0.15) is 30.4 Å². The van der Waals surface area contributed by atoms with Gasteiger partial charge in [-0.2, -0.15) is 13.0 Å². The van der Waals surface area contributed by atoms with Crippen LogP contribution in [-0.4, -0.2) is 68.6 Å². The summed E-state index contributed by atoms with van der Waals surface area (Å²) >= 11 is 0.686. The standard InChI is InChI=1S/C49H36N6O23S6.6Na/c56-45(50-29-9-1-27(2-10-29)47(58)54-37-17-19-41(83(67,68)69)35-21-33(79-76-73-61)22-39(43(35)37)80-77-74-62)25-5-13-31(14-6-25)52-49(60)53-32-15-7-26(8-16-32)46(57)51-30-11-3-28(4-12-30)48(59)55-38-18-20-42(84(70,71)72)36-23-34(82(64,65)66)24-40(44(36)38)81-78-75-63;;;;;;/h1-24,61-63H,(H,50,56)(H,51,57)(H,54,58)(H,55,59)(H2,52,53,60)(H,64,65,66)(H,67,68,69)(H,70,71,72);;;;;;/q;6*+1/p-6. The molecule has 6 N–H and O–H groups in total. The van der Waals surface area contributed by atoms with E-state index in [9.17, 15) is 78.7 Å². The Kier molecular flexibility index (Phi) is 35.4. The van der Waals surface area contributed by atoms with Crippen LogP contribution in [-0.2, 0) is 58.5 Å². The molecular weight excluding hydrogens is 1370 g/mol. The van der Waals surface area contributed by atoms with Crippen LogP contribution < -0.4 is 225 Å². The molecule has 0 saturated carbocycles. The van der Waals surface area contributed by atoms with Crippen molar-refractivity contribution in [1.82, 2.24) is 0 Å². The topological polar surface area (TPSA) is 454 Å². The number of urea groups is 1. The Morgan fingerprint density at radius 2 is 0.667 bits per heavy atom. The molecule has 0 aromatic heterocycles. The molecular formula is C49H30N6Na6O23S6. The summed E-state index contributed by atoms with van der Waals surface area (Å²) in [6.45, 7) is 0. The summed E-state index contributed by atoms with van der Waals surface area (Å²) in [7, 11) is -15.7. The Balaban J connectivity index is 0.00000460. The summed E-state index contributed by atoms with van der Waals surface area (Å²) < 4.78 is 121. The van der Waals surface area contributed by atoms with Crippen LogP contribution in [0.25, 0.3) is 21.5 Å². The molecule has 0 spiro atoms. The maximum absolute atomic E-state index is 13.4. The first-order chi connectivity index (χ1) is 39.9. The summed E-state index contributed by atoms with van der Waals surface area (Å²) in [5, 5.41) is 56.1. The summed E-state index contributed by atoms with van der Waals surface area (Å²) in [5.74, 6) is -2.71. The van der Waals surface area contributed by atoms with E-state index in [0.29, 0.717) is 24.2 Å². The van der Waals surface area contributed by atoms with Crippen molar-refractivity contribution < 1.29 is 284 Å². The molecule has 6 amide bonds. The molecule has 0 fully saturated rings. The Labute approximate surface area is 655 Å². The molecule has 8 aromatic rings. The second kappa shape index (κ2) is 38.0. The molecule has 90 heavy (non-hydrogen) atoms. The zero-order chi connectivity index (χ0) is 60.5. The minimum absolute atomic E-state index is 0. The molecule has 8 aromatic carbocycles. The number of hydrogen-bond donors (Lipinski definition) is 6. The van der Waals surface area contributed by atoms with Crippen molar-refractivity contribution in [2.75, 3.05) is 31.9 Å². The second-order valence-corrected chi connectivity index (χ2v) is 23.0. The number of rotatable bonds is 22. The average Bonchev–Trinajstić information content (AvgIpc) is 0.852. The van der Waals surface area contributed by atoms with E-state index in [1.54, 1.807) is 0 Å². The fourth-order valence-electron chi connectivity index (χ4n) is 7.82. The van der Waals surface area contributed by atoms with Gasteiger partial charge in [0.2, 0.25) is 0 Å². The van der Waals surface area contributed by atoms with Crippen molar-refractivity contribution in [1.29, 1.82) is 0 Å². The molecule has 0 unspecified atom stereocenters. The van der Waals surface area contributed by atoms with E-state index in [1.165, 1.54) is 103 Å². The van der Waals surface area contributed by atoms with E-state index in [2.05, 4.69) is 60.0 Å². The molecule has 0 bridgehead atoms. The molecule has 8 rings (SSSR count). The predicted octanol–water partition coefficient (Wildman–Crippen LogP) is -12.9. The van der Waals surface area contributed by atoms with Gasteiger partial charge in [0.05, 0.1) is 62.2 Å². The number of anilines is 6.